The van der Waals surface area contributed by atoms with Crippen molar-refractivity contribution >= 4 is 40.9 Å². The SMILES string of the molecule is O=C(CCN1C(=O)[C@H]2CCCC[C@@H]2C1=O)NCc1ccc(Cl)cc1Cl. The van der Waals surface area contributed by atoms with Crippen molar-refractivity contribution in [3.63, 3.8) is 0 Å². The van der Waals surface area contributed by atoms with Crippen LogP contribution in [0.5, 0.6) is 0 Å². The number of fused-ring (bicyclic) bond motifs is 1. The molecule has 3 rings (SSSR count). The van der Waals surface area contributed by atoms with Gasteiger partial charge in [-0.1, -0.05) is 42.1 Å². The molecular formula is C18H20Cl2N2O3. The average molecular weight is 383 g/mol. The number of hydrogen-bond acceptors (Lipinski definition) is 3. The highest BCUT2D eigenvalue weighted by Crippen LogP contribution is 2.37. The number of nitrogens with zero attached hydrogens (tertiary/aromatic N) is 1. The summed E-state index contributed by atoms with van der Waals surface area (Å²) in [6.45, 7) is 0.423. The summed E-state index contributed by atoms with van der Waals surface area (Å²) in [7, 11) is 0. The number of carbonyl (C=O) groups is 3. The number of rotatable bonds is 5. The molecule has 0 unspecified atom stereocenters. The quantitative estimate of drug-likeness (QED) is 0.795. The third kappa shape index (κ3) is 3.98. The fraction of sp³-hybridized carbons (Fsp3) is 0.500. The third-order valence-corrected chi connectivity index (χ3v) is 5.57. The van der Waals surface area contributed by atoms with Crippen LogP contribution >= 0.6 is 23.2 Å². The number of amides is 3. The summed E-state index contributed by atoms with van der Waals surface area (Å²) in [6.07, 6.45) is 3.66. The van der Waals surface area contributed by atoms with Gasteiger partial charge >= 0.3 is 0 Å². The smallest absolute Gasteiger partial charge is 0.233 e. The minimum Gasteiger partial charge on any atom is -0.352 e. The van der Waals surface area contributed by atoms with Crippen LogP contribution in [-0.2, 0) is 20.9 Å². The van der Waals surface area contributed by atoms with Crippen molar-refractivity contribution in [2.75, 3.05) is 6.54 Å². The van der Waals surface area contributed by atoms with Gasteiger partial charge < -0.3 is 5.32 Å². The van der Waals surface area contributed by atoms with Crippen LogP contribution in [0.2, 0.25) is 10.0 Å². The second-order valence-corrected chi connectivity index (χ2v) is 7.43. The Morgan fingerprint density at radius 1 is 1.12 bits per heavy atom. The monoisotopic (exact) mass is 382 g/mol. The van der Waals surface area contributed by atoms with E-state index in [1.165, 1.54) is 4.90 Å². The molecule has 1 aliphatic carbocycles. The van der Waals surface area contributed by atoms with E-state index in [-0.39, 0.29) is 49.1 Å². The van der Waals surface area contributed by atoms with Crippen molar-refractivity contribution in [1.82, 2.24) is 10.2 Å². The van der Waals surface area contributed by atoms with Gasteiger partial charge in [0.1, 0.15) is 0 Å². The largest absolute Gasteiger partial charge is 0.352 e. The van der Waals surface area contributed by atoms with Crippen LogP contribution in [0, 0.1) is 11.8 Å². The predicted octanol–water partition coefficient (Wildman–Crippen LogP) is 3.17. The molecule has 25 heavy (non-hydrogen) atoms. The first-order valence-electron chi connectivity index (χ1n) is 8.53. The van der Waals surface area contributed by atoms with Crippen LogP contribution in [0.25, 0.3) is 0 Å². The Hall–Kier alpha value is -1.59. The van der Waals surface area contributed by atoms with E-state index < -0.39 is 0 Å². The number of likely N-dealkylation sites (tertiary alicyclic amines) is 1. The fourth-order valence-corrected chi connectivity index (χ4v) is 4.09. The normalized spacial score (nSPS) is 22.9. The Labute approximate surface area is 156 Å². The molecular weight excluding hydrogens is 363 g/mol. The predicted molar refractivity (Wildman–Crippen MR) is 95.1 cm³/mol. The first kappa shape index (κ1) is 18.2. The lowest BCUT2D eigenvalue weighted by molar-refractivity contribution is -0.140. The molecule has 1 aromatic rings. The minimum atomic E-state index is -0.221. The Bertz CT molecular complexity index is 684. The maximum atomic E-state index is 12.4. The number of nitrogens with one attached hydrogen (secondary N) is 1. The standard InChI is InChI=1S/C18H20Cl2N2O3/c19-12-6-5-11(15(20)9-12)10-21-16(23)7-8-22-17(24)13-3-1-2-4-14(13)18(22)25/h5-6,9,13-14H,1-4,7-8,10H2,(H,21,23)/t13-,14-/m0/s1. The van der Waals surface area contributed by atoms with Crippen molar-refractivity contribution in [2.24, 2.45) is 11.8 Å². The number of carbonyl (C=O) groups excluding carboxylic acids is 3. The van der Waals surface area contributed by atoms with E-state index in [0.717, 1.165) is 31.2 Å². The summed E-state index contributed by atoms with van der Waals surface area (Å²) < 4.78 is 0. The molecule has 5 nitrogen and oxygen atoms in total. The molecule has 2 fully saturated rings. The second kappa shape index (κ2) is 7.75. The molecule has 7 heteroatoms. The number of imide groups is 1. The van der Waals surface area contributed by atoms with E-state index in [9.17, 15) is 14.4 Å². The zero-order chi connectivity index (χ0) is 18.0. The summed E-state index contributed by atoms with van der Waals surface area (Å²) in [5, 5.41) is 3.78. The van der Waals surface area contributed by atoms with Crippen molar-refractivity contribution in [2.45, 2.75) is 38.6 Å². The lowest BCUT2D eigenvalue weighted by Gasteiger charge is -2.19. The van der Waals surface area contributed by atoms with Crippen molar-refractivity contribution in [3.05, 3.63) is 33.8 Å². The van der Waals surface area contributed by atoms with Gasteiger partial charge in [0.25, 0.3) is 0 Å². The van der Waals surface area contributed by atoms with E-state index in [2.05, 4.69) is 5.32 Å². The summed E-state index contributed by atoms with van der Waals surface area (Å²) in [5.41, 5.74) is 0.763. The molecule has 1 saturated carbocycles. The molecule has 134 valence electrons. The van der Waals surface area contributed by atoms with Gasteiger partial charge in [-0.15, -0.1) is 0 Å². The third-order valence-electron chi connectivity index (χ3n) is 4.99. The number of benzene rings is 1. The molecule has 0 aromatic heterocycles. The van der Waals surface area contributed by atoms with Gasteiger partial charge in [-0.25, -0.2) is 0 Å². The Morgan fingerprint density at radius 2 is 1.76 bits per heavy atom. The van der Waals surface area contributed by atoms with Crippen LogP contribution in [0.1, 0.15) is 37.7 Å². The topological polar surface area (TPSA) is 66.5 Å². The van der Waals surface area contributed by atoms with E-state index in [4.69, 9.17) is 23.2 Å². The van der Waals surface area contributed by atoms with E-state index in [1.807, 2.05) is 0 Å². The summed E-state index contributed by atoms with van der Waals surface area (Å²) in [6, 6.07) is 5.08. The summed E-state index contributed by atoms with van der Waals surface area (Å²) in [5.74, 6) is -0.776. The van der Waals surface area contributed by atoms with Crippen LogP contribution < -0.4 is 5.32 Å². The molecule has 1 aliphatic heterocycles. The molecule has 0 bridgehead atoms. The van der Waals surface area contributed by atoms with Crippen molar-refractivity contribution in [3.8, 4) is 0 Å². The first-order chi connectivity index (χ1) is 12.0. The molecule has 1 N–H and O–H groups in total. The zero-order valence-electron chi connectivity index (χ0n) is 13.8. The molecule has 1 aromatic carbocycles. The van der Waals surface area contributed by atoms with Crippen LogP contribution in [0.15, 0.2) is 18.2 Å². The molecule has 0 radical (unpaired) electrons. The highest BCUT2D eigenvalue weighted by Gasteiger charge is 2.47. The number of halogens is 2. The molecule has 2 atom stereocenters. The first-order valence-corrected chi connectivity index (χ1v) is 9.29. The summed E-state index contributed by atoms with van der Waals surface area (Å²) >= 11 is 11.9. The van der Waals surface area contributed by atoms with Gasteiger partial charge in [0.05, 0.1) is 11.8 Å². The van der Waals surface area contributed by atoms with E-state index in [0.29, 0.717) is 10.0 Å². The van der Waals surface area contributed by atoms with Gasteiger partial charge in [-0.05, 0) is 30.5 Å². The summed E-state index contributed by atoms with van der Waals surface area (Å²) in [4.78, 5) is 38.0. The lowest BCUT2D eigenvalue weighted by atomic mass is 9.81. The Balaban J connectivity index is 1.50. The Morgan fingerprint density at radius 3 is 2.36 bits per heavy atom. The van der Waals surface area contributed by atoms with Crippen molar-refractivity contribution < 1.29 is 14.4 Å². The lowest BCUT2D eigenvalue weighted by Crippen LogP contribution is -2.35. The van der Waals surface area contributed by atoms with E-state index >= 15 is 0 Å². The van der Waals surface area contributed by atoms with Gasteiger partial charge in [-0.2, -0.15) is 0 Å². The molecule has 1 heterocycles. The van der Waals surface area contributed by atoms with Crippen LogP contribution in [-0.4, -0.2) is 29.2 Å². The fourth-order valence-electron chi connectivity index (χ4n) is 3.61. The van der Waals surface area contributed by atoms with Gasteiger partial charge in [0.15, 0.2) is 0 Å². The molecule has 1 saturated heterocycles. The minimum absolute atomic E-state index is 0.0993. The highest BCUT2D eigenvalue weighted by molar-refractivity contribution is 6.35. The average Bonchev–Trinajstić information content (AvgIpc) is 2.84. The van der Waals surface area contributed by atoms with Gasteiger partial charge in [0, 0.05) is 29.6 Å². The Kier molecular flexibility index (Phi) is 5.64. The molecule has 2 aliphatic rings. The second-order valence-electron chi connectivity index (χ2n) is 6.59. The molecule has 3 amide bonds. The van der Waals surface area contributed by atoms with Crippen LogP contribution in [0.3, 0.4) is 0 Å². The maximum Gasteiger partial charge on any atom is 0.233 e. The highest BCUT2D eigenvalue weighted by atomic mass is 35.5. The van der Waals surface area contributed by atoms with E-state index in [1.54, 1.807) is 18.2 Å². The van der Waals surface area contributed by atoms with Crippen LogP contribution in [0.4, 0.5) is 0 Å². The number of hydrogen-bond donors (Lipinski definition) is 1. The van der Waals surface area contributed by atoms with Gasteiger partial charge in [-0.3, -0.25) is 19.3 Å². The maximum absolute atomic E-state index is 12.4. The van der Waals surface area contributed by atoms with Gasteiger partial charge in [0.2, 0.25) is 17.7 Å². The molecule has 0 spiro atoms. The van der Waals surface area contributed by atoms with Crippen molar-refractivity contribution in [1.29, 1.82) is 0 Å². The zero-order valence-corrected chi connectivity index (χ0v) is 15.3.